The molecule has 6 heteroatoms. The fraction of sp³-hybridized carbons (Fsp3) is 0.300. The maximum Gasteiger partial charge on any atom is 0.207 e. The van der Waals surface area contributed by atoms with E-state index >= 15 is 0 Å². The topological polar surface area (TPSA) is 73.3 Å². The molecule has 0 fully saturated rings. The summed E-state index contributed by atoms with van der Waals surface area (Å²) in [6.07, 6.45) is 3.67. The van der Waals surface area contributed by atoms with Gasteiger partial charge in [0.15, 0.2) is 11.0 Å². The number of nitrogens with zero attached hydrogens (tertiary/aromatic N) is 3. The molecule has 82 valence electrons. The molecule has 2 N–H and O–H groups in total. The van der Waals surface area contributed by atoms with E-state index in [4.69, 9.17) is 5.73 Å². The average Bonchev–Trinajstić information content (AvgIpc) is 2.83. The van der Waals surface area contributed by atoms with E-state index in [1.165, 1.54) is 0 Å². The van der Waals surface area contributed by atoms with Gasteiger partial charge in [0, 0.05) is 5.75 Å². The van der Waals surface area contributed by atoms with Crippen LogP contribution in [0.3, 0.4) is 0 Å². The summed E-state index contributed by atoms with van der Waals surface area (Å²) in [5, 5.41) is 0.880. The Balaban J connectivity index is 2.14. The van der Waals surface area contributed by atoms with Gasteiger partial charge in [0.25, 0.3) is 0 Å². The van der Waals surface area contributed by atoms with E-state index in [0.29, 0.717) is 12.4 Å². The molecule has 0 amide bonds. The van der Waals surface area contributed by atoms with Crippen LogP contribution in [-0.2, 0) is 11.2 Å². The van der Waals surface area contributed by atoms with E-state index in [1.54, 1.807) is 23.9 Å². The standard InChI is InChI=1S/C10H10N4OS/c11-9-13-7-5-6(15)1-2-8(7)14(9)10-12-3-4-16-10/h1-2H,3-5H2,(H2,11,13). The second-order valence-electron chi connectivity index (χ2n) is 3.63. The second-order valence-corrected chi connectivity index (χ2v) is 4.69. The summed E-state index contributed by atoms with van der Waals surface area (Å²) < 4.78 is 1.83. The highest BCUT2D eigenvalue weighted by molar-refractivity contribution is 8.14. The predicted octanol–water partition coefficient (Wildman–Crippen LogP) is 0.555. The van der Waals surface area contributed by atoms with Gasteiger partial charge in [0.05, 0.1) is 24.4 Å². The molecule has 0 atom stereocenters. The van der Waals surface area contributed by atoms with Gasteiger partial charge in [0.1, 0.15) is 0 Å². The summed E-state index contributed by atoms with van der Waals surface area (Å²) >= 11 is 1.66. The number of aliphatic imine (C=N–C) groups is 1. The van der Waals surface area contributed by atoms with Gasteiger partial charge in [0.2, 0.25) is 5.95 Å². The molecule has 2 heterocycles. The third-order valence-corrected chi connectivity index (χ3v) is 3.50. The number of ketones is 1. The zero-order valence-corrected chi connectivity index (χ0v) is 9.33. The van der Waals surface area contributed by atoms with Gasteiger partial charge in [-0.05, 0) is 12.2 Å². The van der Waals surface area contributed by atoms with Gasteiger partial charge in [-0.3, -0.25) is 14.4 Å². The lowest BCUT2D eigenvalue weighted by Gasteiger charge is -2.08. The van der Waals surface area contributed by atoms with E-state index < -0.39 is 0 Å². The number of fused-ring (bicyclic) bond motifs is 1. The zero-order valence-electron chi connectivity index (χ0n) is 8.51. The second kappa shape index (κ2) is 3.48. The highest BCUT2D eigenvalue weighted by Gasteiger charge is 2.23. The Hall–Kier alpha value is -1.56. The molecule has 16 heavy (non-hydrogen) atoms. The van der Waals surface area contributed by atoms with E-state index in [1.807, 2.05) is 4.57 Å². The first kappa shape index (κ1) is 9.65. The molecular formula is C10H10N4OS. The van der Waals surface area contributed by atoms with Crippen LogP contribution in [0.25, 0.3) is 6.08 Å². The summed E-state index contributed by atoms with van der Waals surface area (Å²) in [6, 6.07) is 0. The van der Waals surface area contributed by atoms with Crippen molar-refractivity contribution >= 4 is 34.7 Å². The molecular weight excluding hydrogens is 224 g/mol. The smallest absolute Gasteiger partial charge is 0.207 e. The highest BCUT2D eigenvalue weighted by Crippen LogP contribution is 2.25. The van der Waals surface area contributed by atoms with Crippen molar-refractivity contribution in [3.05, 3.63) is 17.5 Å². The van der Waals surface area contributed by atoms with Crippen LogP contribution in [0.2, 0.25) is 0 Å². The lowest BCUT2D eigenvalue weighted by atomic mass is 10.1. The number of carbonyl (C=O) groups is 1. The molecule has 1 aromatic heterocycles. The lowest BCUT2D eigenvalue weighted by molar-refractivity contribution is -0.114. The minimum Gasteiger partial charge on any atom is -0.369 e. The molecule has 1 aliphatic carbocycles. The summed E-state index contributed by atoms with van der Waals surface area (Å²) in [5.41, 5.74) is 7.50. The molecule has 0 aromatic carbocycles. The van der Waals surface area contributed by atoms with Crippen molar-refractivity contribution in [2.24, 2.45) is 4.99 Å². The number of hydrogen-bond acceptors (Lipinski definition) is 5. The maximum atomic E-state index is 11.3. The SMILES string of the molecule is Nc1nc2c(n1C1=NCCS1)C=CC(=O)C2. The van der Waals surface area contributed by atoms with E-state index in [0.717, 1.165) is 28.9 Å². The van der Waals surface area contributed by atoms with Crippen LogP contribution in [0, 0.1) is 0 Å². The van der Waals surface area contributed by atoms with E-state index in [-0.39, 0.29) is 5.78 Å². The van der Waals surface area contributed by atoms with Crippen molar-refractivity contribution < 1.29 is 4.79 Å². The van der Waals surface area contributed by atoms with Crippen LogP contribution in [0.1, 0.15) is 11.4 Å². The molecule has 2 aliphatic rings. The Morgan fingerprint density at radius 1 is 1.44 bits per heavy atom. The Labute approximate surface area is 96.4 Å². The number of rotatable bonds is 0. The number of aromatic nitrogens is 2. The quantitative estimate of drug-likeness (QED) is 0.711. The van der Waals surface area contributed by atoms with E-state index in [2.05, 4.69) is 9.98 Å². The van der Waals surface area contributed by atoms with Crippen LogP contribution in [0.15, 0.2) is 11.1 Å². The number of nitrogen functional groups attached to an aromatic ring is 1. The molecule has 1 aliphatic heterocycles. The van der Waals surface area contributed by atoms with Gasteiger partial charge in [-0.2, -0.15) is 0 Å². The largest absolute Gasteiger partial charge is 0.369 e. The fourth-order valence-electron chi connectivity index (χ4n) is 1.85. The number of hydrogen-bond donors (Lipinski definition) is 1. The minimum absolute atomic E-state index is 0.0677. The van der Waals surface area contributed by atoms with Crippen LogP contribution in [0.5, 0.6) is 0 Å². The number of anilines is 1. The molecule has 0 unspecified atom stereocenters. The number of imidazole rings is 1. The first-order valence-corrected chi connectivity index (χ1v) is 6.00. The van der Waals surface area contributed by atoms with Crippen molar-refractivity contribution in [1.82, 2.24) is 9.55 Å². The van der Waals surface area contributed by atoms with Gasteiger partial charge in [-0.15, -0.1) is 0 Å². The summed E-state index contributed by atoms with van der Waals surface area (Å²) in [4.78, 5) is 19.8. The van der Waals surface area contributed by atoms with Crippen LogP contribution >= 0.6 is 11.8 Å². The number of carbonyl (C=O) groups excluding carboxylic acids is 1. The average molecular weight is 234 g/mol. The summed E-state index contributed by atoms with van der Waals surface area (Å²) in [7, 11) is 0. The molecule has 0 saturated carbocycles. The third kappa shape index (κ3) is 1.37. The Bertz CT molecular complexity index is 529. The lowest BCUT2D eigenvalue weighted by Crippen LogP contribution is -2.13. The van der Waals surface area contributed by atoms with Crippen molar-refractivity contribution in [3.8, 4) is 0 Å². The number of thioether (sulfide) groups is 1. The Morgan fingerprint density at radius 2 is 2.31 bits per heavy atom. The summed E-state index contributed by atoms with van der Waals surface area (Å²) in [5.74, 6) is 1.46. The third-order valence-electron chi connectivity index (χ3n) is 2.54. The van der Waals surface area contributed by atoms with Crippen molar-refractivity contribution in [1.29, 1.82) is 0 Å². The summed E-state index contributed by atoms with van der Waals surface area (Å²) in [6.45, 7) is 0.815. The van der Waals surface area contributed by atoms with Crippen molar-refractivity contribution in [3.63, 3.8) is 0 Å². The monoisotopic (exact) mass is 234 g/mol. The molecule has 3 rings (SSSR count). The first-order valence-electron chi connectivity index (χ1n) is 5.01. The minimum atomic E-state index is 0.0677. The molecule has 0 radical (unpaired) electrons. The van der Waals surface area contributed by atoms with Gasteiger partial charge >= 0.3 is 0 Å². The molecule has 0 saturated heterocycles. The number of allylic oxidation sites excluding steroid dienone is 1. The highest BCUT2D eigenvalue weighted by atomic mass is 32.2. The Morgan fingerprint density at radius 3 is 3.06 bits per heavy atom. The molecule has 5 nitrogen and oxygen atoms in total. The number of nitrogens with two attached hydrogens (primary N) is 1. The fourth-order valence-corrected chi connectivity index (χ4v) is 2.72. The maximum absolute atomic E-state index is 11.3. The molecule has 0 spiro atoms. The van der Waals surface area contributed by atoms with Gasteiger partial charge in [-0.25, -0.2) is 4.98 Å². The van der Waals surface area contributed by atoms with Crippen LogP contribution < -0.4 is 5.73 Å². The molecule has 0 bridgehead atoms. The first-order chi connectivity index (χ1) is 7.75. The van der Waals surface area contributed by atoms with E-state index in [9.17, 15) is 4.79 Å². The zero-order chi connectivity index (χ0) is 11.1. The molecule has 1 aromatic rings. The van der Waals surface area contributed by atoms with Gasteiger partial charge < -0.3 is 5.73 Å². The van der Waals surface area contributed by atoms with Gasteiger partial charge in [-0.1, -0.05) is 11.8 Å². The normalized spacial score (nSPS) is 18.8. The predicted molar refractivity (Wildman–Crippen MR) is 64.5 cm³/mol. The Kier molecular flexibility index (Phi) is 2.10. The van der Waals surface area contributed by atoms with Crippen LogP contribution in [0.4, 0.5) is 5.95 Å². The van der Waals surface area contributed by atoms with Crippen LogP contribution in [-0.4, -0.2) is 32.8 Å². The van der Waals surface area contributed by atoms with Crippen molar-refractivity contribution in [2.75, 3.05) is 18.0 Å². The van der Waals surface area contributed by atoms with Crippen molar-refractivity contribution in [2.45, 2.75) is 6.42 Å².